The lowest BCUT2D eigenvalue weighted by Gasteiger charge is -2.04. The third kappa shape index (κ3) is 7.25. The molecule has 0 saturated carbocycles. The van der Waals surface area contributed by atoms with Gasteiger partial charge >= 0.3 is 11.9 Å². The Balaban J connectivity index is 2.16. The van der Waals surface area contributed by atoms with Crippen LogP contribution in [0, 0.1) is 0 Å². The molecule has 0 amide bonds. The zero-order valence-corrected chi connectivity index (χ0v) is 12.2. The average molecular weight is 292 g/mol. The summed E-state index contributed by atoms with van der Waals surface area (Å²) in [6.07, 6.45) is 3.58. The van der Waals surface area contributed by atoms with Crippen molar-refractivity contribution < 1.29 is 23.9 Å². The number of benzene rings is 1. The van der Waals surface area contributed by atoms with E-state index in [4.69, 9.17) is 9.47 Å². The minimum absolute atomic E-state index is 0.199. The number of carbonyl (C=O) groups is 3. The van der Waals surface area contributed by atoms with Gasteiger partial charge in [-0.05, 0) is 44.0 Å². The highest BCUT2D eigenvalue weighted by Gasteiger charge is 2.06. The molecular formula is C16H20O5. The van der Waals surface area contributed by atoms with E-state index in [2.05, 4.69) is 0 Å². The van der Waals surface area contributed by atoms with Crippen molar-refractivity contribution in [2.75, 3.05) is 6.61 Å². The first-order chi connectivity index (χ1) is 10.2. The molecular weight excluding hydrogens is 272 g/mol. The molecule has 0 unspecified atom stereocenters. The highest BCUT2D eigenvalue weighted by atomic mass is 16.5. The molecule has 5 heteroatoms. The van der Waals surface area contributed by atoms with Gasteiger partial charge in [0.15, 0.2) is 0 Å². The second-order valence-electron chi connectivity index (χ2n) is 4.53. The van der Waals surface area contributed by atoms with Gasteiger partial charge in [-0.3, -0.25) is 14.4 Å². The molecule has 0 N–H and O–H groups in total. The van der Waals surface area contributed by atoms with Gasteiger partial charge in [0.25, 0.3) is 0 Å². The van der Waals surface area contributed by atoms with Crippen molar-refractivity contribution in [1.82, 2.24) is 0 Å². The molecule has 0 bridgehead atoms. The monoisotopic (exact) mass is 292 g/mol. The molecule has 0 aliphatic heterocycles. The van der Waals surface area contributed by atoms with E-state index in [9.17, 15) is 14.4 Å². The Kier molecular flexibility index (Phi) is 7.79. The van der Waals surface area contributed by atoms with E-state index in [1.165, 1.54) is 0 Å². The number of aldehydes is 1. The molecule has 0 fully saturated rings. The van der Waals surface area contributed by atoms with E-state index in [0.29, 0.717) is 43.6 Å². The van der Waals surface area contributed by atoms with Gasteiger partial charge in [0, 0.05) is 18.4 Å². The molecule has 0 saturated heterocycles. The van der Waals surface area contributed by atoms with Crippen LogP contribution in [0.5, 0.6) is 5.75 Å². The quantitative estimate of drug-likeness (QED) is 0.303. The average Bonchev–Trinajstić information content (AvgIpc) is 2.48. The SMILES string of the molecule is CCOC(=O)CCCCCC(=O)Oc1ccc(C=O)cc1. The maximum Gasteiger partial charge on any atom is 0.311 e. The summed E-state index contributed by atoms with van der Waals surface area (Å²) < 4.78 is 9.95. The first-order valence-corrected chi connectivity index (χ1v) is 7.07. The third-order valence-corrected chi connectivity index (χ3v) is 2.81. The largest absolute Gasteiger partial charge is 0.466 e. The molecule has 1 aromatic rings. The van der Waals surface area contributed by atoms with Crippen LogP contribution in [-0.4, -0.2) is 24.8 Å². The van der Waals surface area contributed by atoms with Gasteiger partial charge in [-0.15, -0.1) is 0 Å². The molecule has 0 aliphatic rings. The molecule has 114 valence electrons. The maximum atomic E-state index is 11.6. The van der Waals surface area contributed by atoms with Crippen LogP contribution in [0.15, 0.2) is 24.3 Å². The van der Waals surface area contributed by atoms with Crippen molar-refractivity contribution in [2.45, 2.75) is 39.0 Å². The lowest BCUT2D eigenvalue weighted by Crippen LogP contribution is -2.08. The smallest absolute Gasteiger partial charge is 0.311 e. The molecule has 0 radical (unpaired) electrons. The summed E-state index contributed by atoms with van der Waals surface area (Å²) in [5.74, 6) is -0.0857. The van der Waals surface area contributed by atoms with Crippen molar-refractivity contribution in [3.05, 3.63) is 29.8 Å². The zero-order chi connectivity index (χ0) is 15.5. The Bertz CT molecular complexity index is 464. The van der Waals surface area contributed by atoms with Gasteiger partial charge in [0.1, 0.15) is 12.0 Å². The topological polar surface area (TPSA) is 69.7 Å². The molecule has 0 aromatic heterocycles. The summed E-state index contributed by atoms with van der Waals surface area (Å²) in [7, 11) is 0. The van der Waals surface area contributed by atoms with Gasteiger partial charge < -0.3 is 9.47 Å². The van der Waals surface area contributed by atoms with E-state index in [-0.39, 0.29) is 11.9 Å². The van der Waals surface area contributed by atoms with Gasteiger partial charge in [0.2, 0.25) is 0 Å². The lowest BCUT2D eigenvalue weighted by molar-refractivity contribution is -0.143. The Hall–Kier alpha value is -2.17. The summed E-state index contributed by atoms with van der Waals surface area (Å²) >= 11 is 0. The second kappa shape index (κ2) is 9.69. The lowest BCUT2D eigenvalue weighted by atomic mass is 10.1. The Morgan fingerprint density at radius 3 is 2.19 bits per heavy atom. The van der Waals surface area contributed by atoms with Crippen LogP contribution in [0.2, 0.25) is 0 Å². The minimum Gasteiger partial charge on any atom is -0.466 e. The number of rotatable bonds is 9. The molecule has 1 rings (SSSR count). The number of carbonyl (C=O) groups excluding carboxylic acids is 3. The molecule has 0 atom stereocenters. The fraction of sp³-hybridized carbons (Fsp3) is 0.438. The van der Waals surface area contributed by atoms with Crippen molar-refractivity contribution in [1.29, 1.82) is 0 Å². The van der Waals surface area contributed by atoms with Crippen LogP contribution in [0.4, 0.5) is 0 Å². The van der Waals surface area contributed by atoms with E-state index < -0.39 is 0 Å². The van der Waals surface area contributed by atoms with Crippen LogP contribution in [0.25, 0.3) is 0 Å². The summed E-state index contributed by atoms with van der Waals surface area (Å²) in [4.78, 5) is 33.2. The fourth-order valence-electron chi connectivity index (χ4n) is 1.75. The molecule has 1 aromatic carbocycles. The standard InChI is InChI=1S/C16H20O5/c1-2-20-15(18)6-4-3-5-7-16(19)21-14-10-8-13(12-17)9-11-14/h8-12H,2-7H2,1H3. The number of hydrogen-bond acceptors (Lipinski definition) is 5. The van der Waals surface area contributed by atoms with Crippen molar-refractivity contribution in [3.63, 3.8) is 0 Å². The molecule has 21 heavy (non-hydrogen) atoms. The summed E-state index contributed by atoms with van der Waals surface area (Å²) in [5.41, 5.74) is 0.536. The first kappa shape index (κ1) is 16.9. The Morgan fingerprint density at radius 1 is 1.00 bits per heavy atom. The molecule has 5 nitrogen and oxygen atoms in total. The maximum absolute atomic E-state index is 11.6. The predicted molar refractivity (Wildman–Crippen MR) is 77.2 cm³/mol. The van der Waals surface area contributed by atoms with E-state index in [1.807, 2.05) is 0 Å². The third-order valence-electron chi connectivity index (χ3n) is 2.81. The predicted octanol–water partition coefficient (Wildman–Crippen LogP) is 2.92. The highest BCUT2D eigenvalue weighted by Crippen LogP contribution is 2.13. The van der Waals surface area contributed by atoms with E-state index in [1.54, 1.807) is 31.2 Å². The van der Waals surface area contributed by atoms with Gasteiger partial charge in [-0.1, -0.05) is 6.42 Å². The number of ether oxygens (including phenoxy) is 2. The van der Waals surface area contributed by atoms with Crippen LogP contribution in [0.3, 0.4) is 0 Å². The van der Waals surface area contributed by atoms with Crippen molar-refractivity contribution in [3.8, 4) is 5.75 Å². The van der Waals surface area contributed by atoms with Crippen LogP contribution in [-0.2, 0) is 14.3 Å². The minimum atomic E-state index is -0.315. The molecule has 0 aliphatic carbocycles. The molecule has 0 spiro atoms. The van der Waals surface area contributed by atoms with E-state index >= 15 is 0 Å². The number of unbranched alkanes of at least 4 members (excludes halogenated alkanes) is 2. The van der Waals surface area contributed by atoms with Gasteiger partial charge in [-0.25, -0.2) is 0 Å². The second-order valence-corrected chi connectivity index (χ2v) is 4.53. The van der Waals surface area contributed by atoms with Crippen LogP contribution < -0.4 is 4.74 Å². The summed E-state index contributed by atoms with van der Waals surface area (Å²) in [6, 6.07) is 6.36. The van der Waals surface area contributed by atoms with Gasteiger partial charge in [0.05, 0.1) is 6.61 Å². The highest BCUT2D eigenvalue weighted by molar-refractivity contribution is 5.76. The fourth-order valence-corrected chi connectivity index (χ4v) is 1.75. The Labute approximate surface area is 124 Å². The van der Waals surface area contributed by atoms with Crippen LogP contribution in [0.1, 0.15) is 49.4 Å². The summed E-state index contributed by atoms with van der Waals surface area (Å²) in [6.45, 7) is 2.17. The van der Waals surface area contributed by atoms with E-state index in [0.717, 1.165) is 12.7 Å². The zero-order valence-electron chi connectivity index (χ0n) is 12.2. The first-order valence-electron chi connectivity index (χ1n) is 7.07. The Morgan fingerprint density at radius 2 is 1.62 bits per heavy atom. The van der Waals surface area contributed by atoms with Gasteiger partial charge in [-0.2, -0.15) is 0 Å². The van der Waals surface area contributed by atoms with Crippen molar-refractivity contribution in [2.24, 2.45) is 0 Å². The number of hydrogen-bond donors (Lipinski definition) is 0. The normalized spacial score (nSPS) is 9.95. The summed E-state index contributed by atoms with van der Waals surface area (Å²) in [5, 5.41) is 0. The number of esters is 2. The van der Waals surface area contributed by atoms with Crippen molar-refractivity contribution >= 4 is 18.2 Å². The molecule has 0 heterocycles. The van der Waals surface area contributed by atoms with Crippen LogP contribution >= 0.6 is 0 Å².